The number of ether oxygens (including phenoxy) is 9. The lowest BCUT2D eigenvalue weighted by molar-refractivity contribution is -0.336. The molecule has 2 fully saturated rings. The highest BCUT2D eigenvalue weighted by Crippen LogP contribution is 2.34. The first kappa shape index (κ1) is 34.2. The molecule has 0 aromatic rings. The number of nitrogens with two attached hydrogens (primary N) is 1. The summed E-state index contributed by atoms with van der Waals surface area (Å²) in [6, 6.07) is -1.16. The van der Waals surface area contributed by atoms with Crippen LogP contribution in [-0.4, -0.2) is 110 Å². The zero-order chi connectivity index (χ0) is 31.0. The monoisotopic (exact) mass is 611 g/mol. The Hall–Kier alpha value is -3.05. The van der Waals surface area contributed by atoms with E-state index >= 15 is 0 Å². The SMILES string of the molecule is CC(=O)OC[C@H]1O[C@@H](O[C@H]2[C@H](OC(C)=O)[C@@H](N)[C@@H](Cl)O[C@@H]2COC(C)=O)[C@H](OC(C)=O)[C@@H](OC(C)=O)[C@H]1OC(C)=O. The molecule has 0 spiro atoms. The second-order valence-corrected chi connectivity index (χ2v) is 9.58. The first-order chi connectivity index (χ1) is 19.1. The number of alkyl halides is 1. The van der Waals surface area contributed by atoms with E-state index in [0.29, 0.717) is 0 Å². The van der Waals surface area contributed by atoms with Crippen LogP contribution in [0.2, 0.25) is 0 Å². The number of carbonyl (C=O) groups is 6. The molecule has 16 nitrogen and oxygen atoms in total. The van der Waals surface area contributed by atoms with Crippen molar-refractivity contribution < 1.29 is 71.4 Å². The van der Waals surface area contributed by atoms with Crippen molar-refractivity contribution in [2.24, 2.45) is 5.73 Å². The van der Waals surface area contributed by atoms with E-state index in [1.54, 1.807) is 0 Å². The largest absolute Gasteiger partial charge is 0.463 e. The fourth-order valence-electron chi connectivity index (χ4n) is 4.20. The third kappa shape index (κ3) is 10.1. The molecule has 0 amide bonds. The Labute approximate surface area is 240 Å². The van der Waals surface area contributed by atoms with Crippen LogP contribution < -0.4 is 5.73 Å². The standard InChI is InChI=1S/C24H34ClNO15/c1-9(27)33-7-15-18(20(36-12(4)30)17(26)23(25)39-15)41-24-22(38-14(6)32)21(37-13(5)31)19(35-11(3)29)16(40-24)8-34-10(2)28/h15-24H,7-8,26H2,1-6H3/t15-,16-,17-,18-,19+,20-,21+,22-,23+,24+/m1/s1. The Bertz CT molecular complexity index is 992. The van der Waals surface area contributed by atoms with Crippen molar-refractivity contribution >= 4 is 47.4 Å². The van der Waals surface area contributed by atoms with E-state index in [-0.39, 0.29) is 0 Å². The smallest absolute Gasteiger partial charge is 0.303 e. The van der Waals surface area contributed by atoms with E-state index in [0.717, 1.165) is 41.5 Å². The molecule has 2 N–H and O–H groups in total. The van der Waals surface area contributed by atoms with E-state index in [4.69, 9.17) is 60.0 Å². The molecule has 0 aromatic carbocycles. The molecule has 0 saturated carbocycles. The van der Waals surface area contributed by atoms with Crippen LogP contribution in [-0.2, 0) is 71.4 Å². The van der Waals surface area contributed by atoms with Gasteiger partial charge in [0, 0.05) is 41.5 Å². The zero-order valence-electron chi connectivity index (χ0n) is 23.3. The Morgan fingerprint density at radius 1 is 0.585 bits per heavy atom. The number of halogens is 1. The molecular weight excluding hydrogens is 578 g/mol. The van der Waals surface area contributed by atoms with Crippen molar-refractivity contribution in [2.75, 3.05) is 13.2 Å². The number of hydrogen-bond acceptors (Lipinski definition) is 16. The molecule has 0 radical (unpaired) electrons. The third-order valence-corrected chi connectivity index (χ3v) is 6.06. The van der Waals surface area contributed by atoms with Gasteiger partial charge >= 0.3 is 35.8 Å². The molecule has 17 heteroatoms. The third-order valence-electron chi connectivity index (χ3n) is 5.67. The summed E-state index contributed by atoms with van der Waals surface area (Å²) >= 11 is 6.21. The van der Waals surface area contributed by atoms with Crippen LogP contribution in [0.4, 0.5) is 0 Å². The van der Waals surface area contributed by atoms with Crippen LogP contribution in [0.1, 0.15) is 41.5 Å². The molecule has 2 aliphatic heterocycles. The van der Waals surface area contributed by atoms with Gasteiger partial charge < -0.3 is 48.4 Å². The van der Waals surface area contributed by atoms with Crippen molar-refractivity contribution in [3.8, 4) is 0 Å². The van der Waals surface area contributed by atoms with E-state index in [2.05, 4.69) is 0 Å². The van der Waals surface area contributed by atoms with Gasteiger partial charge in [-0.25, -0.2) is 0 Å². The maximum atomic E-state index is 12.1. The van der Waals surface area contributed by atoms with Gasteiger partial charge in [0.15, 0.2) is 30.2 Å². The summed E-state index contributed by atoms with van der Waals surface area (Å²) in [7, 11) is 0. The van der Waals surface area contributed by atoms with Gasteiger partial charge in [-0.05, 0) is 0 Å². The number of carbonyl (C=O) groups excluding carboxylic acids is 6. The minimum atomic E-state index is -1.67. The predicted molar refractivity (Wildman–Crippen MR) is 132 cm³/mol. The summed E-state index contributed by atoms with van der Waals surface area (Å²) in [5.41, 5.74) is 4.93. The molecule has 0 aromatic heterocycles. The molecule has 10 atom stereocenters. The second kappa shape index (κ2) is 15.3. The van der Waals surface area contributed by atoms with E-state index in [1.807, 2.05) is 0 Å². The molecule has 2 saturated heterocycles. The second-order valence-electron chi connectivity index (χ2n) is 9.15. The van der Waals surface area contributed by atoms with Gasteiger partial charge in [0.05, 0.1) is 6.04 Å². The van der Waals surface area contributed by atoms with Crippen LogP contribution in [0.25, 0.3) is 0 Å². The fraction of sp³-hybridized carbons (Fsp3) is 0.750. The Morgan fingerprint density at radius 2 is 1.00 bits per heavy atom. The zero-order valence-corrected chi connectivity index (χ0v) is 24.0. The van der Waals surface area contributed by atoms with Gasteiger partial charge in [0.25, 0.3) is 0 Å². The normalized spacial score (nSPS) is 33.1. The van der Waals surface area contributed by atoms with E-state index < -0.39 is 110 Å². The first-order valence-electron chi connectivity index (χ1n) is 12.4. The van der Waals surface area contributed by atoms with Crippen molar-refractivity contribution in [1.29, 1.82) is 0 Å². The number of rotatable bonds is 10. The number of esters is 6. The highest BCUT2D eigenvalue weighted by atomic mass is 35.5. The first-order valence-corrected chi connectivity index (χ1v) is 12.9. The number of hydrogen-bond donors (Lipinski definition) is 1. The van der Waals surface area contributed by atoms with Gasteiger partial charge in [0.2, 0.25) is 0 Å². The minimum absolute atomic E-state index is 0.432. The predicted octanol–water partition coefficient (Wildman–Crippen LogP) is -0.759. The molecule has 41 heavy (non-hydrogen) atoms. The van der Waals surface area contributed by atoms with Crippen molar-refractivity contribution in [3.63, 3.8) is 0 Å². The molecule has 2 rings (SSSR count). The summed E-state index contributed by atoms with van der Waals surface area (Å²) in [6.45, 7) is 5.62. The average molecular weight is 612 g/mol. The Kier molecular flexibility index (Phi) is 12.7. The van der Waals surface area contributed by atoms with Gasteiger partial charge in [-0.15, -0.1) is 0 Å². The van der Waals surface area contributed by atoms with Crippen molar-refractivity contribution in [1.82, 2.24) is 0 Å². The lowest BCUT2D eigenvalue weighted by Gasteiger charge is -2.48. The van der Waals surface area contributed by atoms with E-state index in [1.165, 1.54) is 0 Å². The van der Waals surface area contributed by atoms with Crippen molar-refractivity contribution in [2.45, 2.75) is 102 Å². The van der Waals surface area contributed by atoms with Crippen LogP contribution in [0.3, 0.4) is 0 Å². The van der Waals surface area contributed by atoms with Crippen molar-refractivity contribution in [3.05, 3.63) is 0 Å². The van der Waals surface area contributed by atoms with Gasteiger partial charge in [-0.3, -0.25) is 28.8 Å². The van der Waals surface area contributed by atoms with E-state index in [9.17, 15) is 28.8 Å². The van der Waals surface area contributed by atoms with Gasteiger partial charge in [0.1, 0.15) is 37.6 Å². The Balaban J connectivity index is 2.58. The van der Waals surface area contributed by atoms with Crippen LogP contribution in [0.5, 0.6) is 0 Å². The maximum Gasteiger partial charge on any atom is 0.303 e. The summed E-state index contributed by atoms with van der Waals surface area (Å²) in [6.07, 6.45) is -11.4. The van der Waals surface area contributed by atoms with Crippen LogP contribution in [0, 0.1) is 0 Å². The molecule has 2 aliphatic rings. The van der Waals surface area contributed by atoms with Gasteiger partial charge in [-0.1, -0.05) is 11.6 Å². The lowest BCUT2D eigenvalue weighted by atomic mass is 9.96. The summed E-state index contributed by atoms with van der Waals surface area (Å²) < 4.78 is 49.3. The summed E-state index contributed by atoms with van der Waals surface area (Å²) in [4.78, 5) is 71.2. The molecule has 232 valence electrons. The minimum Gasteiger partial charge on any atom is -0.463 e. The maximum absolute atomic E-state index is 12.1. The lowest BCUT2D eigenvalue weighted by Crippen LogP contribution is -2.67. The van der Waals surface area contributed by atoms with Crippen LogP contribution >= 0.6 is 11.6 Å². The molecule has 0 bridgehead atoms. The molecule has 0 unspecified atom stereocenters. The highest BCUT2D eigenvalue weighted by Gasteiger charge is 2.56. The average Bonchev–Trinajstić information content (AvgIpc) is 2.83. The van der Waals surface area contributed by atoms with Gasteiger partial charge in [-0.2, -0.15) is 0 Å². The molecule has 2 heterocycles. The highest BCUT2D eigenvalue weighted by molar-refractivity contribution is 6.20. The molecule has 0 aliphatic carbocycles. The fourth-order valence-corrected chi connectivity index (χ4v) is 4.48. The summed E-state index contributed by atoms with van der Waals surface area (Å²) in [5, 5.41) is 0. The Morgan fingerprint density at radius 3 is 1.46 bits per heavy atom. The van der Waals surface area contributed by atoms with Crippen LogP contribution in [0.15, 0.2) is 0 Å². The molecular formula is C24H34ClNO15. The summed E-state index contributed by atoms with van der Waals surface area (Å²) in [5.74, 6) is -4.69. The quantitative estimate of drug-likeness (QED) is 0.183. The topological polar surface area (TPSA) is 212 Å².